The molecule has 0 N–H and O–H groups in total. The van der Waals surface area contributed by atoms with E-state index in [0.29, 0.717) is 0 Å². The zero-order valence-corrected chi connectivity index (χ0v) is 12.3. The predicted molar refractivity (Wildman–Crippen MR) is 74.2 cm³/mol. The lowest BCUT2D eigenvalue weighted by molar-refractivity contribution is -0.140. The molecule has 1 rings (SSSR count). The zero-order valence-electron chi connectivity index (χ0n) is 11.5. The quantitative estimate of drug-likeness (QED) is 0.606. The van der Waals surface area contributed by atoms with Crippen molar-refractivity contribution in [2.24, 2.45) is 5.92 Å². The molecule has 0 radical (unpaired) electrons. The lowest BCUT2D eigenvalue weighted by Gasteiger charge is -2.19. The Bertz CT molecular complexity index is 416. The van der Waals surface area contributed by atoms with Gasteiger partial charge in [0.05, 0.1) is 19.1 Å². The molecule has 3 nitrogen and oxygen atoms in total. The average Bonchev–Trinajstić information content (AvgIpc) is 2.34. The van der Waals surface area contributed by atoms with E-state index in [1.54, 1.807) is 7.11 Å². The first-order valence-corrected chi connectivity index (χ1v) is 6.76. The summed E-state index contributed by atoms with van der Waals surface area (Å²) >= 11 is 1.50. The van der Waals surface area contributed by atoms with Crippen LogP contribution in [0.4, 0.5) is 0 Å². The molecular weight excluding hydrogens is 248 g/mol. The summed E-state index contributed by atoms with van der Waals surface area (Å²) in [4.78, 5) is 12.7. The van der Waals surface area contributed by atoms with Crippen molar-refractivity contribution in [1.29, 1.82) is 0 Å². The molecule has 0 saturated carbocycles. The average molecular weight is 268 g/mol. The number of methoxy groups -OCH3 is 2. The van der Waals surface area contributed by atoms with Crippen LogP contribution in [0.2, 0.25) is 0 Å². The van der Waals surface area contributed by atoms with Crippen molar-refractivity contribution in [3.63, 3.8) is 0 Å². The summed E-state index contributed by atoms with van der Waals surface area (Å²) < 4.78 is 10.2. The highest BCUT2D eigenvalue weighted by atomic mass is 32.2. The van der Waals surface area contributed by atoms with E-state index in [1.807, 2.05) is 39.0 Å². The number of carbonyl (C=O) groups excluding carboxylic acids is 1. The molecule has 1 unspecified atom stereocenters. The first kappa shape index (κ1) is 14.9. The molecule has 100 valence electrons. The lowest BCUT2D eigenvalue weighted by atomic mass is 10.1. The van der Waals surface area contributed by atoms with E-state index in [0.717, 1.165) is 16.2 Å². The highest BCUT2D eigenvalue weighted by Gasteiger charge is 2.25. The van der Waals surface area contributed by atoms with Gasteiger partial charge in [-0.3, -0.25) is 4.79 Å². The number of carbonyl (C=O) groups is 1. The fourth-order valence-electron chi connectivity index (χ4n) is 1.59. The summed E-state index contributed by atoms with van der Waals surface area (Å²) in [5, 5.41) is -0.217. The van der Waals surface area contributed by atoms with Gasteiger partial charge in [0.2, 0.25) is 0 Å². The van der Waals surface area contributed by atoms with Crippen molar-refractivity contribution in [3.8, 4) is 5.75 Å². The molecule has 4 heteroatoms. The van der Waals surface area contributed by atoms with Crippen LogP contribution in [0.1, 0.15) is 19.4 Å². The Morgan fingerprint density at radius 3 is 2.44 bits per heavy atom. The summed E-state index contributed by atoms with van der Waals surface area (Å²) in [6, 6.07) is 5.94. The molecule has 18 heavy (non-hydrogen) atoms. The molecule has 0 bridgehead atoms. The van der Waals surface area contributed by atoms with E-state index in [9.17, 15) is 4.79 Å². The lowest BCUT2D eigenvalue weighted by Crippen LogP contribution is -2.24. The zero-order chi connectivity index (χ0) is 13.7. The van der Waals surface area contributed by atoms with Gasteiger partial charge in [0, 0.05) is 0 Å². The van der Waals surface area contributed by atoms with Gasteiger partial charge < -0.3 is 9.47 Å². The molecule has 0 heterocycles. The van der Waals surface area contributed by atoms with Crippen LogP contribution in [0.3, 0.4) is 0 Å². The van der Waals surface area contributed by atoms with Crippen LogP contribution in [-0.4, -0.2) is 25.4 Å². The largest absolute Gasteiger partial charge is 0.496 e. The molecule has 0 spiro atoms. The number of benzene rings is 1. The van der Waals surface area contributed by atoms with Gasteiger partial charge in [0.1, 0.15) is 11.0 Å². The minimum absolute atomic E-state index is 0.196. The highest BCUT2D eigenvalue weighted by molar-refractivity contribution is 8.00. The minimum atomic E-state index is -0.217. The topological polar surface area (TPSA) is 35.5 Å². The molecule has 0 fully saturated rings. The van der Waals surface area contributed by atoms with Gasteiger partial charge in [-0.05, 0) is 30.5 Å². The Balaban J connectivity index is 2.99. The number of rotatable bonds is 5. The molecule has 0 aliphatic rings. The van der Waals surface area contributed by atoms with E-state index in [-0.39, 0.29) is 17.1 Å². The van der Waals surface area contributed by atoms with Crippen molar-refractivity contribution in [2.75, 3.05) is 14.2 Å². The summed E-state index contributed by atoms with van der Waals surface area (Å²) in [6.45, 7) is 6.04. The van der Waals surface area contributed by atoms with Gasteiger partial charge in [-0.2, -0.15) is 0 Å². The second-order valence-electron chi connectivity index (χ2n) is 4.46. The molecule has 1 atom stereocenters. The standard InChI is InChI=1S/C14H20O3S/c1-9(2)13(14(15)17-5)18-12-8-10(3)6-7-11(12)16-4/h6-9,13H,1-5H3. The van der Waals surface area contributed by atoms with Crippen molar-refractivity contribution >= 4 is 17.7 Å². The summed E-state index contributed by atoms with van der Waals surface area (Å²) in [5.74, 6) is 0.798. The van der Waals surface area contributed by atoms with Crippen LogP contribution >= 0.6 is 11.8 Å². The normalized spacial score (nSPS) is 12.3. The van der Waals surface area contributed by atoms with E-state index in [4.69, 9.17) is 9.47 Å². The monoisotopic (exact) mass is 268 g/mol. The van der Waals surface area contributed by atoms with Crippen molar-refractivity contribution in [3.05, 3.63) is 23.8 Å². The Hall–Kier alpha value is -1.16. The Labute approximate surface area is 113 Å². The molecule has 0 aliphatic carbocycles. The summed E-state index contributed by atoms with van der Waals surface area (Å²) in [5.41, 5.74) is 1.14. The van der Waals surface area contributed by atoms with Crippen LogP contribution in [-0.2, 0) is 9.53 Å². The molecular formula is C14H20O3S. The number of hydrogen-bond donors (Lipinski definition) is 0. The van der Waals surface area contributed by atoms with E-state index in [2.05, 4.69) is 0 Å². The van der Waals surface area contributed by atoms with Crippen LogP contribution in [0.5, 0.6) is 5.75 Å². The van der Waals surface area contributed by atoms with Crippen LogP contribution in [0, 0.1) is 12.8 Å². The third kappa shape index (κ3) is 3.67. The second-order valence-corrected chi connectivity index (χ2v) is 5.64. The summed E-state index contributed by atoms with van der Waals surface area (Å²) in [7, 11) is 3.06. The molecule has 0 aliphatic heterocycles. The SMILES string of the molecule is COC(=O)C(Sc1cc(C)ccc1OC)C(C)C. The maximum absolute atomic E-state index is 11.8. The number of hydrogen-bond acceptors (Lipinski definition) is 4. The smallest absolute Gasteiger partial charge is 0.319 e. The van der Waals surface area contributed by atoms with Crippen molar-refractivity contribution in [2.45, 2.75) is 30.9 Å². The van der Waals surface area contributed by atoms with Crippen LogP contribution in [0.15, 0.2) is 23.1 Å². The Morgan fingerprint density at radius 2 is 1.94 bits per heavy atom. The van der Waals surface area contributed by atoms with E-state index < -0.39 is 0 Å². The third-order valence-corrected chi connectivity index (χ3v) is 4.18. The van der Waals surface area contributed by atoms with Gasteiger partial charge >= 0.3 is 5.97 Å². The van der Waals surface area contributed by atoms with Gasteiger partial charge in [0.15, 0.2) is 0 Å². The first-order chi connectivity index (χ1) is 8.49. The fraction of sp³-hybridized carbons (Fsp3) is 0.500. The van der Waals surface area contributed by atoms with Gasteiger partial charge in [-0.15, -0.1) is 11.8 Å². The maximum Gasteiger partial charge on any atom is 0.319 e. The number of ether oxygens (including phenoxy) is 2. The first-order valence-electron chi connectivity index (χ1n) is 5.88. The fourth-order valence-corrected chi connectivity index (χ4v) is 2.84. The highest BCUT2D eigenvalue weighted by Crippen LogP contribution is 2.36. The van der Waals surface area contributed by atoms with Crippen molar-refractivity contribution < 1.29 is 14.3 Å². The van der Waals surface area contributed by atoms with Crippen molar-refractivity contribution in [1.82, 2.24) is 0 Å². The molecule has 0 aromatic heterocycles. The second kappa shape index (κ2) is 6.69. The van der Waals surface area contributed by atoms with Crippen LogP contribution in [0.25, 0.3) is 0 Å². The molecule has 1 aromatic rings. The molecule has 1 aromatic carbocycles. The molecule has 0 saturated heterocycles. The predicted octanol–water partition coefficient (Wildman–Crippen LogP) is 3.29. The molecule has 0 amide bonds. The number of aryl methyl sites for hydroxylation is 1. The maximum atomic E-state index is 11.8. The van der Waals surface area contributed by atoms with Gasteiger partial charge in [-0.1, -0.05) is 19.9 Å². The Morgan fingerprint density at radius 1 is 1.28 bits per heavy atom. The number of esters is 1. The van der Waals surface area contributed by atoms with E-state index >= 15 is 0 Å². The van der Waals surface area contributed by atoms with E-state index in [1.165, 1.54) is 18.9 Å². The van der Waals surface area contributed by atoms with Gasteiger partial charge in [0.25, 0.3) is 0 Å². The number of thioether (sulfide) groups is 1. The van der Waals surface area contributed by atoms with Crippen LogP contribution < -0.4 is 4.74 Å². The third-order valence-electron chi connectivity index (χ3n) is 2.61. The van der Waals surface area contributed by atoms with Gasteiger partial charge in [-0.25, -0.2) is 0 Å². The minimum Gasteiger partial charge on any atom is -0.496 e. The Kier molecular flexibility index (Phi) is 5.54. The summed E-state index contributed by atoms with van der Waals surface area (Å²) in [6.07, 6.45) is 0.